The second kappa shape index (κ2) is 5.82. The normalized spacial score (nSPS) is 56.0. The summed E-state index contributed by atoms with van der Waals surface area (Å²) in [5.41, 5.74) is 1.12. The lowest BCUT2D eigenvalue weighted by molar-refractivity contribution is -0.150. The molecule has 26 heavy (non-hydrogen) atoms. The van der Waals surface area contributed by atoms with Gasteiger partial charge < -0.3 is 4.74 Å². The van der Waals surface area contributed by atoms with E-state index in [-0.39, 0.29) is 0 Å². The molecule has 0 aromatic heterocycles. The van der Waals surface area contributed by atoms with Gasteiger partial charge in [0.1, 0.15) is 5.78 Å². The summed E-state index contributed by atoms with van der Waals surface area (Å²) in [4.78, 5) is 12.4. The Morgan fingerprint density at radius 1 is 0.885 bits per heavy atom. The monoisotopic (exact) mass is 358 g/mol. The van der Waals surface area contributed by atoms with Gasteiger partial charge in [-0.3, -0.25) is 4.79 Å². The molecule has 4 saturated carbocycles. The molecular weight excluding hydrogens is 320 g/mol. The van der Waals surface area contributed by atoms with Crippen LogP contribution >= 0.6 is 0 Å². The second-order valence-electron chi connectivity index (χ2n) is 11.3. The van der Waals surface area contributed by atoms with E-state index in [9.17, 15) is 4.79 Å². The van der Waals surface area contributed by atoms with Crippen molar-refractivity contribution in [3.05, 3.63) is 0 Å². The first-order chi connectivity index (χ1) is 12.4. The molecule has 0 bridgehead atoms. The molecule has 8 unspecified atom stereocenters. The van der Waals surface area contributed by atoms with Crippen molar-refractivity contribution in [3.63, 3.8) is 0 Å². The number of rotatable bonds is 1. The van der Waals surface area contributed by atoms with E-state index in [1.165, 1.54) is 64.2 Å². The average Bonchev–Trinajstić information content (AvgIpc) is 3.37. The molecule has 2 heteroatoms. The minimum atomic E-state index is 0.292. The van der Waals surface area contributed by atoms with Gasteiger partial charge in [-0.1, -0.05) is 20.3 Å². The molecule has 0 N–H and O–H groups in total. The van der Waals surface area contributed by atoms with Crippen molar-refractivity contribution in [1.29, 1.82) is 0 Å². The van der Waals surface area contributed by atoms with Crippen LogP contribution in [0.4, 0.5) is 0 Å². The fourth-order valence-electron chi connectivity index (χ4n) is 8.83. The predicted molar refractivity (Wildman–Crippen MR) is 104 cm³/mol. The molecule has 1 aliphatic heterocycles. The third kappa shape index (κ3) is 2.43. The van der Waals surface area contributed by atoms with Gasteiger partial charge >= 0.3 is 0 Å². The first-order valence-electron chi connectivity index (χ1n) is 11.5. The van der Waals surface area contributed by atoms with E-state index in [4.69, 9.17) is 4.74 Å². The van der Waals surface area contributed by atoms with Crippen molar-refractivity contribution < 1.29 is 9.53 Å². The van der Waals surface area contributed by atoms with E-state index < -0.39 is 0 Å². The molecule has 0 aromatic carbocycles. The zero-order valence-corrected chi connectivity index (χ0v) is 17.2. The van der Waals surface area contributed by atoms with Crippen molar-refractivity contribution in [1.82, 2.24) is 0 Å². The van der Waals surface area contributed by atoms with Gasteiger partial charge in [-0.2, -0.15) is 0 Å². The van der Waals surface area contributed by atoms with Crippen molar-refractivity contribution in [2.75, 3.05) is 6.61 Å². The smallest absolute Gasteiger partial charge is 0.133 e. The molecule has 146 valence electrons. The van der Waals surface area contributed by atoms with Crippen LogP contribution in [0.1, 0.15) is 91.4 Å². The largest absolute Gasteiger partial charge is 0.370 e. The third-order valence-corrected chi connectivity index (χ3v) is 10.3. The van der Waals surface area contributed by atoms with Crippen molar-refractivity contribution in [2.45, 2.75) is 97.0 Å². The maximum Gasteiger partial charge on any atom is 0.133 e. The molecule has 1 spiro atoms. The molecule has 1 saturated heterocycles. The van der Waals surface area contributed by atoms with Gasteiger partial charge in [0, 0.05) is 5.92 Å². The van der Waals surface area contributed by atoms with E-state index in [1.54, 1.807) is 0 Å². The topological polar surface area (TPSA) is 29.6 Å². The minimum absolute atomic E-state index is 0.292. The Hall–Kier alpha value is -0.370. The van der Waals surface area contributed by atoms with Crippen LogP contribution in [0.2, 0.25) is 0 Å². The van der Waals surface area contributed by atoms with Crippen LogP contribution in [0.3, 0.4) is 0 Å². The Kier molecular flexibility index (Phi) is 3.96. The number of epoxide rings is 1. The molecule has 8 atom stereocenters. The first kappa shape index (κ1) is 17.7. The molecule has 5 fully saturated rings. The lowest BCUT2D eigenvalue weighted by Crippen LogP contribution is -2.56. The number of ketones is 1. The highest BCUT2D eigenvalue weighted by molar-refractivity contribution is 5.79. The summed E-state index contributed by atoms with van der Waals surface area (Å²) in [6.07, 6.45) is 14.8. The summed E-state index contributed by atoms with van der Waals surface area (Å²) in [7, 11) is 0. The zero-order valence-electron chi connectivity index (χ0n) is 17.2. The predicted octanol–water partition coefficient (Wildman–Crippen LogP) is 5.78. The van der Waals surface area contributed by atoms with E-state index >= 15 is 0 Å². The average molecular weight is 359 g/mol. The number of carbonyl (C=O) groups excluding carboxylic acids is 1. The summed E-state index contributed by atoms with van der Waals surface area (Å²) >= 11 is 0. The highest BCUT2D eigenvalue weighted by Crippen LogP contribution is 2.67. The summed E-state index contributed by atoms with van der Waals surface area (Å²) in [5, 5.41) is 0. The van der Waals surface area contributed by atoms with Crippen LogP contribution in [0.5, 0.6) is 0 Å². The van der Waals surface area contributed by atoms with Gasteiger partial charge in [0.25, 0.3) is 0 Å². The Labute approximate surface area is 159 Å². The van der Waals surface area contributed by atoms with Crippen molar-refractivity contribution in [2.24, 2.45) is 40.4 Å². The SMILES string of the molecule is CC(=O)C1CCCC2C3CCC4CC5(CCCC4(C)C3CCC12C)CO5. The van der Waals surface area contributed by atoms with Gasteiger partial charge in [-0.05, 0) is 106 Å². The Balaban J connectivity index is 1.44. The van der Waals surface area contributed by atoms with Crippen LogP contribution in [0.25, 0.3) is 0 Å². The summed E-state index contributed by atoms with van der Waals surface area (Å²) in [6.45, 7) is 8.05. The number of hydrogen-bond donors (Lipinski definition) is 0. The highest BCUT2D eigenvalue weighted by atomic mass is 16.6. The lowest BCUT2D eigenvalue weighted by atomic mass is 9.42. The molecule has 5 aliphatic rings. The van der Waals surface area contributed by atoms with Gasteiger partial charge in [0.15, 0.2) is 0 Å². The Morgan fingerprint density at radius 2 is 1.65 bits per heavy atom. The Bertz CT molecular complexity index is 593. The molecule has 1 heterocycles. The number of hydrogen-bond acceptors (Lipinski definition) is 2. The number of carbonyl (C=O) groups is 1. The standard InChI is InChI=1S/C24H38O2/c1-16(25)19-6-4-7-20-18-9-8-17-14-24(15-26-24)12-5-11-22(17,2)21(18)10-13-23(19,20)3/h17-21H,4-15H2,1-3H3. The maximum absolute atomic E-state index is 12.4. The number of fused-ring (bicyclic) bond motifs is 5. The van der Waals surface area contributed by atoms with E-state index in [1.807, 2.05) is 6.92 Å². The molecule has 0 amide bonds. The van der Waals surface area contributed by atoms with Gasteiger partial charge in [0.05, 0.1) is 12.2 Å². The molecule has 5 rings (SSSR count). The fraction of sp³-hybridized carbons (Fsp3) is 0.958. The maximum atomic E-state index is 12.4. The van der Waals surface area contributed by atoms with Crippen molar-refractivity contribution in [3.8, 4) is 0 Å². The van der Waals surface area contributed by atoms with E-state index in [0.29, 0.717) is 28.1 Å². The van der Waals surface area contributed by atoms with Crippen LogP contribution < -0.4 is 0 Å². The third-order valence-electron chi connectivity index (χ3n) is 10.3. The fourth-order valence-corrected chi connectivity index (χ4v) is 8.83. The van der Waals surface area contributed by atoms with Gasteiger partial charge in [-0.25, -0.2) is 0 Å². The quantitative estimate of drug-likeness (QED) is 0.556. The first-order valence-corrected chi connectivity index (χ1v) is 11.5. The molecular formula is C24H38O2. The molecule has 4 aliphatic carbocycles. The highest BCUT2D eigenvalue weighted by Gasteiger charge is 2.61. The molecule has 2 nitrogen and oxygen atoms in total. The minimum Gasteiger partial charge on any atom is -0.370 e. The van der Waals surface area contributed by atoms with E-state index in [2.05, 4.69) is 13.8 Å². The van der Waals surface area contributed by atoms with E-state index in [0.717, 1.165) is 36.7 Å². The Morgan fingerprint density at radius 3 is 2.38 bits per heavy atom. The molecule has 0 aromatic rings. The summed E-state index contributed by atoms with van der Waals surface area (Å²) in [5.74, 6) is 4.27. The summed E-state index contributed by atoms with van der Waals surface area (Å²) < 4.78 is 5.95. The van der Waals surface area contributed by atoms with Crippen LogP contribution in [-0.4, -0.2) is 18.0 Å². The zero-order chi connectivity index (χ0) is 18.2. The van der Waals surface area contributed by atoms with Crippen molar-refractivity contribution >= 4 is 5.78 Å². The van der Waals surface area contributed by atoms with Gasteiger partial charge in [-0.15, -0.1) is 0 Å². The van der Waals surface area contributed by atoms with Crippen LogP contribution in [0, 0.1) is 40.4 Å². The lowest BCUT2D eigenvalue weighted by Gasteiger charge is -2.62. The molecule has 0 radical (unpaired) electrons. The number of Topliss-reactive ketones (excluding diaryl/α,β-unsaturated/α-hetero) is 1. The van der Waals surface area contributed by atoms with Crippen LogP contribution in [0.15, 0.2) is 0 Å². The summed E-state index contributed by atoms with van der Waals surface area (Å²) in [6, 6.07) is 0. The second-order valence-corrected chi connectivity index (χ2v) is 11.3. The van der Waals surface area contributed by atoms with Gasteiger partial charge in [0.2, 0.25) is 0 Å². The number of ether oxygens (including phenoxy) is 1. The van der Waals surface area contributed by atoms with Crippen LogP contribution in [-0.2, 0) is 9.53 Å².